The monoisotopic (exact) mass is 476 g/mol. The number of hydrogen-bond donors (Lipinski definition) is 2. The molecule has 0 bridgehead atoms. The summed E-state index contributed by atoms with van der Waals surface area (Å²) in [5.74, 6) is -1.32. The van der Waals surface area contributed by atoms with E-state index in [2.05, 4.69) is 33.7 Å². The van der Waals surface area contributed by atoms with E-state index in [1.54, 1.807) is 0 Å². The number of nitrogens with zero attached hydrogens (tertiary/aromatic N) is 2. The van der Waals surface area contributed by atoms with E-state index in [0.717, 1.165) is 56.4 Å². The Balaban J connectivity index is 0.00000281. The first-order chi connectivity index (χ1) is 16.4. The SMILES string of the molecule is C/C=C\C(=C/CC)C(C)C/C(=N\NC(=O)C(CC)N1CCNCC1)c1cc(F)ccc1F.CC. The highest BCUT2D eigenvalue weighted by Gasteiger charge is 2.26. The van der Waals surface area contributed by atoms with E-state index < -0.39 is 11.6 Å². The molecule has 5 nitrogen and oxygen atoms in total. The zero-order valence-corrected chi connectivity index (χ0v) is 21.6. The van der Waals surface area contributed by atoms with Crippen molar-refractivity contribution in [1.29, 1.82) is 0 Å². The summed E-state index contributed by atoms with van der Waals surface area (Å²) < 4.78 is 28.5. The van der Waals surface area contributed by atoms with Gasteiger partial charge < -0.3 is 5.32 Å². The van der Waals surface area contributed by atoms with Crippen LogP contribution >= 0.6 is 0 Å². The van der Waals surface area contributed by atoms with Crippen molar-refractivity contribution in [3.63, 3.8) is 0 Å². The van der Waals surface area contributed by atoms with E-state index in [1.807, 2.05) is 46.8 Å². The van der Waals surface area contributed by atoms with Gasteiger partial charge in [-0.15, -0.1) is 0 Å². The number of carbonyl (C=O) groups is 1. The second-order valence-corrected chi connectivity index (χ2v) is 8.09. The van der Waals surface area contributed by atoms with Gasteiger partial charge >= 0.3 is 0 Å². The molecule has 0 radical (unpaired) electrons. The maximum absolute atomic E-state index is 14.6. The van der Waals surface area contributed by atoms with Crippen LogP contribution in [0.3, 0.4) is 0 Å². The number of hydrogen-bond acceptors (Lipinski definition) is 4. The van der Waals surface area contributed by atoms with Crippen LogP contribution in [0, 0.1) is 17.6 Å². The second-order valence-electron chi connectivity index (χ2n) is 8.09. The second kappa shape index (κ2) is 16.3. The molecule has 1 aliphatic rings. The Kier molecular flexibility index (Phi) is 14.2. The van der Waals surface area contributed by atoms with Gasteiger partial charge in [0.15, 0.2) is 0 Å². The van der Waals surface area contributed by atoms with Crippen LogP contribution in [-0.2, 0) is 4.79 Å². The maximum Gasteiger partial charge on any atom is 0.257 e. The zero-order chi connectivity index (χ0) is 25.5. The van der Waals surface area contributed by atoms with Crippen LogP contribution in [0.15, 0.2) is 47.1 Å². The number of hydrazone groups is 1. The average molecular weight is 477 g/mol. The normalized spacial score (nSPS) is 17.2. The lowest BCUT2D eigenvalue weighted by Gasteiger charge is -2.33. The number of rotatable bonds is 10. The van der Waals surface area contributed by atoms with Gasteiger partial charge in [-0.25, -0.2) is 14.2 Å². The van der Waals surface area contributed by atoms with Gasteiger partial charge in [0, 0.05) is 31.7 Å². The molecule has 2 N–H and O–H groups in total. The quantitative estimate of drug-likeness (QED) is 0.269. The summed E-state index contributed by atoms with van der Waals surface area (Å²) in [5, 5.41) is 7.60. The molecule has 1 saturated heterocycles. The molecule has 0 spiro atoms. The Morgan fingerprint density at radius 2 is 1.91 bits per heavy atom. The fourth-order valence-corrected chi connectivity index (χ4v) is 4.00. The average Bonchev–Trinajstić information content (AvgIpc) is 2.85. The third-order valence-electron chi connectivity index (χ3n) is 5.69. The molecule has 1 aromatic carbocycles. The number of amides is 1. The molecule has 34 heavy (non-hydrogen) atoms. The highest BCUT2D eigenvalue weighted by atomic mass is 19.1. The molecule has 1 fully saturated rings. The predicted molar refractivity (Wildman–Crippen MR) is 138 cm³/mol. The van der Waals surface area contributed by atoms with Crippen LogP contribution in [0.5, 0.6) is 0 Å². The van der Waals surface area contributed by atoms with E-state index in [9.17, 15) is 13.6 Å². The maximum atomic E-state index is 14.6. The number of halogens is 2. The zero-order valence-electron chi connectivity index (χ0n) is 21.6. The third kappa shape index (κ3) is 9.11. The molecule has 0 aromatic heterocycles. The minimum atomic E-state index is -0.562. The minimum Gasteiger partial charge on any atom is -0.314 e. The van der Waals surface area contributed by atoms with Crippen LogP contribution in [0.25, 0.3) is 0 Å². The minimum absolute atomic E-state index is 0.0135. The summed E-state index contributed by atoms with van der Waals surface area (Å²) in [4.78, 5) is 15.0. The van der Waals surface area contributed by atoms with Crippen molar-refractivity contribution in [1.82, 2.24) is 15.6 Å². The van der Waals surface area contributed by atoms with Gasteiger partial charge in [0.1, 0.15) is 11.6 Å². The predicted octanol–water partition coefficient (Wildman–Crippen LogP) is 5.43. The summed E-state index contributed by atoms with van der Waals surface area (Å²) in [6.45, 7) is 15.2. The van der Waals surface area contributed by atoms with E-state index in [0.29, 0.717) is 18.6 Å². The van der Waals surface area contributed by atoms with E-state index in [4.69, 9.17) is 0 Å². The largest absolute Gasteiger partial charge is 0.314 e. The Bertz CT molecular complexity index is 845. The topological polar surface area (TPSA) is 56.7 Å². The standard InChI is InChI=1S/C25H36F2N4O.C2H6/c1-5-8-19(9-6-2)18(4)16-23(21-17-20(26)10-11-22(21)27)29-30-25(32)24(7-3)31-14-12-28-13-15-31;1-2/h5,8-11,17-18,24,28H,6-7,12-16H2,1-4H3,(H,30,32);1-2H3/b8-5-,19-9+,29-23+;. The fraction of sp³-hybridized carbons (Fsp3) is 0.556. The number of allylic oxidation sites excluding steroid dienone is 4. The summed E-state index contributed by atoms with van der Waals surface area (Å²) >= 11 is 0. The molecule has 1 heterocycles. The van der Waals surface area contributed by atoms with Crippen LogP contribution in [0.4, 0.5) is 8.78 Å². The van der Waals surface area contributed by atoms with Crippen molar-refractivity contribution >= 4 is 11.6 Å². The molecule has 2 atom stereocenters. The van der Waals surface area contributed by atoms with Crippen molar-refractivity contribution in [2.45, 2.75) is 66.8 Å². The van der Waals surface area contributed by atoms with Gasteiger partial charge in [-0.3, -0.25) is 9.69 Å². The van der Waals surface area contributed by atoms with Crippen LogP contribution in [0.2, 0.25) is 0 Å². The highest BCUT2D eigenvalue weighted by Crippen LogP contribution is 2.22. The summed E-state index contributed by atoms with van der Waals surface area (Å²) in [6.07, 6.45) is 7.96. The number of nitrogens with one attached hydrogen (secondary N) is 2. The summed E-state index contributed by atoms with van der Waals surface area (Å²) in [6, 6.07) is 3.00. The van der Waals surface area contributed by atoms with Crippen LogP contribution < -0.4 is 10.7 Å². The van der Waals surface area contributed by atoms with Gasteiger partial charge in [-0.1, -0.05) is 52.8 Å². The molecule has 1 aliphatic heterocycles. The molecular formula is C27H42F2N4O. The van der Waals surface area contributed by atoms with E-state index >= 15 is 0 Å². The van der Waals surface area contributed by atoms with Gasteiger partial charge in [0.2, 0.25) is 0 Å². The fourth-order valence-electron chi connectivity index (χ4n) is 4.00. The van der Waals surface area contributed by atoms with Gasteiger partial charge in [-0.05, 0) is 55.9 Å². The molecule has 2 unspecified atom stereocenters. The van der Waals surface area contributed by atoms with E-state index in [1.165, 1.54) is 0 Å². The molecular weight excluding hydrogens is 434 g/mol. The molecule has 2 rings (SSSR count). The van der Waals surface area contributed by atoms with Gasteiger partial charge in [0.05, 0.1) is 11.8 Å². The van der Waals surface area contributed by atoms with Gasteiger partial charge in [0.25, 0.3) is 5.91 Å². The van der Waals surface area contributed by atoms with Crippen molar-refractivity contribution in [3.05, 3.63) is 59.2 Å². The van der Waals surface area contributed by atoms with Crippen molar-refractivity contribution in [2.75, 3.05) is 26.2 Å². The van der Waals surface area contributed by atoms with Crippen molar-refractivity contribution in [3.8, 4) is 0 Å². The Labute approximate surface area is 204 Å². The molecule has 0 saturated carbocycles. The summed E-state index contributed by atoms with van der Waals surface area (Å²) in [7, 11) is 0. The smallest absolute Gasteiger partial charge is 0.257 e. The summed E-state index contributed by atoms with van der Waals surface area (Å²) in [5.41, 5.74) is 4.14. The Morgan fingerprint density at radius 1 is 1.24 bits per heavy atom. The van der Waals surface area contributed by atoms with Gasteiger partial charge in [-0.2, -0.15) is 5.10 Å². The number of benzene rings is 1. The van der Waals surface area contributed by atoms with E-state index in [-0.39, 0.29) is 23.4 Å². The third-order valence-corrected chi connectivity index (χ3v) is 5.69. The van der Waals surface area contributed by atoms with Crippen LogP contribution in [-0.4, -0.2) is 48.7 Å². The highest BCUT2D eigenvalue weighted by molar-refractivity contribution is 6.01. The lowest BCUT2D eigenvalue weighted by Crippen LogP contribution is -2.53. The first kappa shape index (κ1) is 29.7. The lowest BCUT2D eigenvalue weighted by molar-refractivity contribution is -0.126. The van der Waals surface area contributed by atoms with Crippen LogP contribution in [0.1, 0.15) is 66.4 Å². The van der Waals surface area contributed by atoms with Crippen molar-refractivity contribution < 1.29 is 13.6 Å². The molecule has 0 aliphatic carbocycles. The number of carbonyl (C=O) groups excluding carboxylic acids is 1. The number of piperazine rings is 1. The molecule has 7 heteroatoms. The first-order valence-electron chi connectivity index (χ1n) is 12.5. The Hall–Kier alpha value is -2.38. The lowest BCUT2D eigenvalue weighted by atomic mass is 9.91. The molecule has 1 aromatic rings. The molecule has 190 valence electrons. The Morgan fingerprint density at radius 3 is 2.50 bits per heavy atom. The van der Waals surface area contributed by atoms with Crippen molar-refractivity contribution in [2.24, 2.45) is 11.0 Å². The first-order valence-corrected chi connectivity index (χ1v) is 12.5. The molecule has 1 amide bonds.